The molecule has 1 fully saturated rings. The number of nitrogens with two attached hydrogens (primary N) is 1. The zero-order valence-electron chi connectivity index (χ0n) is 18.7. The third-order valence-corrected chi connectivity index (χ3v) is 5.28. The van der Waals surface area contributed by atoms with Crippen molar-refractivity contribution in [2.75, 3.05) is 13.1 Å². The zero-order valence-corrected chi connectivity index (χ0v) is 18.7. The Morgan fingerprint density at radius 3 is 2.15 bits per heavy atom. The molecule has 0 aliphatic carbocycles. The minimum atomic E-state index is -1.64. The van der Waals surface area contributed by atoms with E-state index in [1.807, 2.05) is 0 Å². The van der Waals surface area contributed by atoms with Gasteiger partial charge in [0.15, 0.2) is 6.04 Å². The van der Waals surface area contributed by atoms with Crippen LogP contribution in [0.15, 0.2) is 0 Å². The number of hydrogen-bond acceptors (Lipinski definition) is 8. The molecule has 5 atom stereocenters. The van der Waals surface area contributed by atoms with Gasteiger partial charge in [0.25, 0.3) is 0 Å². The maximum absolute atomic E-state index is 12.9. The summed E-state index contributed by atoms with van der Waals surface area (Å²) in [6.45, 7) is 2.25. The third kappa shape index (κ3) is 10.1. The molecule has 1 heterocycles. The van der Waals surface area contributed by atoms with E-state index in [0.717, 1.165) is 6.42 Å². The number of aliphatic carboxylic acids is 2. The van der Waals surface area contributed by atoms with Crippen LogP contribution in [-0.2, 0) is 24.0 Å². The SMILES string of the molecule is CC(O)C(NC(=O)C(CCC(=O)O)NC(=O)C(CCCCN)NC(=O)C1CCCN1)C(=O)O. The van der Waals surface area contributed by atoms with Crippen molar-refractivity contribution in [1.82, 2.24) is 21.3 Å². The van der Waals surface area contributed by atoms with E-state index in [9.17, 15) is 29.1 Å². The first-order valence-corrected chi connectivity index (χ1v) is 11.0. The summed E-state index contributed by atoms with van der Waals surface area (Å²) in [5.74, 6) is -4.72. The van der Waals surface area contributed by atoms with Gasteiger partial charge in [0, 0.05) is 6.42 Å². The van der Waals surface area contributed by atoms with Gasteiger partial charge in [-0.25, -0.2) is 4.79 Å². The Kier molecular flexibility index (Phi) is 12.3. The second-order valence-electron chi connectivity index (χ2n) is 8.05. The number of aliphatic hydroxyl groups is 1. The van der Waals surface area contributed by atoms with Crippen molar-refractivity contribution in [2.24, 2.45) is 5.73 Å². The van der Waals surface area contributed by atoms with Crippen molar-refractivity contribution < 1.29 is 39.3 Å². The van der Waals surface area contributed by atoms with Gasteiger partial charge in [0.05, 0.1) is 12.1 Å². The molecular weight excluding hydrogens is 438 g/mol. The number of nitrogens with one attached hydrogen (secondary N) is 4. The van der Waals surface area contributed by atoms with Crippen molar-refractivity contribution in [3.8, 4) is 0 Å². The largest absolute Gasteiger partial charge is 0.481 e. The average molecular weight is 474 g/mol. The molecule has 3 amide bonds. The molecule has 13 heteroatoms. The number of rotatable bonds is 15. The highest BCUT2D eigenvalue weighted by atomic mass is 16.4. The number of amides is 3. The first-order valence-electron chi connectivity index (χ1n) is 11.0. The number of carbonyl (C=O) groups excluding carboxylic acids is 3. The highest BCUT2D eigenvalue weighted by Gasteiger charge is 2.32. The molecule has 0 bridgehead atoms. The Hall–Kier alpha value is -2.77. The Balaban J connectivity index is 2.93. The minimum Gasteiger partial charge on any atom is -0.481 e. The second kappa shape index (κ2) is 14.4. The molecule has 1 saturated heterocycles. The van der Waals surface area contributed by atoms with Gasteiger partial charge in [0.1, 0.15) is 12.1 Å². The molecule has 33 heavy (non-hydrogen) atoms. The standard InChI is InChI=1S/C20H35N5O8/c1-11(26)16(20(32)33)25-19(31)14(7-8-15(27)28)24-18(30)13(5-2-3-9-21)23-17(29)12-6-4-10-22-12/h11-14,16,22,26H,2-10,21H2,1H3,(H,23,29)(H,24,30)(H,25,31)(H,27,28)(H,32,33). The lowest BCUT2D eigenvalue weighted by Gasteiger charge is -2.25. The van der Waals surface area contributed by atoms with E-state index in [1.54, 1.807) is 0 Å². The van der Waals surface area contributed by atoms with Crippen LogP contribution in [0.2, 0.25) is 0 Å². The number of aliphatic hydroxyl groups excluding tert-OH is 1. The number of carboxylic acids is 2. The monoisotopic (exact) mass is 473 g/mol. The Bertz CT molecular complexity index is 696. The first-order chi connectivity index (χ1) is 15.6. The fourth-order valence-corrected chi connectivity index (χ4v) is 3.39. The van der Waals surface area contributed by atoms with Crippen LogP contribution in [0.25, 0.3) is 0 Å². The fraction of sp³-hybridized carbons (Fsp3) is 0.750. The number of unbranched alkanes of at least 4 members (excludes halogenated alkanes) is 1. The van der Waals surface area contributed by atoms with Crippen molar-refractivity contribution in [2.45, 2.75) is 82.1 Å². The van der Waals surface area contributed by atoms with Crippen molar-refractivity contribution in [3.05, 3.63) is 0 Å². The Labute approximate surface area is 191 Å². The summed E-state index contributed by atoms with van der Waals surface area (Å²) in [6, 6.07) is -4.44. The number of carboxylic acid groups (broad SMARTS) is 2. The van der Waals surface area contributed by atoms with Gasteiger partial charge in [-0.05, 0) is 58.5 Å². The van der Waals surface area contributed by atoms with Gasteiger partial charge in [-0.2, -0.15) is 0 Å². The van der Waals surface area contributed by atoms with Gasteiger partial charge >= 0.3 is 11.9 Å². The fourth-order valence-electron chi connectivity index (χ4n) is 3.39. The van der Waals surface area contributed by atoms with Crippen LogP contribution < -0.4 is 27.0 Å². The smallest absolute Gasteiger partial charge is 0.328 e. The summed E-state index contributed by atoms with van der Waals surface area (Å²) < 4.78 is 0. The van der Waals surface area contributed by atoms with Crippen LogP contribution in [0.5, 0.6) is 0 Å². The molecule has 5 unspecified atom stereocenters. The third-order valence-electron chi connectivity index (χ3n) is 5.28. The molecule has 1 aliphatic heterocycles. The predicted molar refractivity (Wildman–Crippen MR) is 116 cm³/mol. The van der Waals surface area contributed by atoms with Gasteiger partial charge < -0.3 is 42.3 Å². The minimum absolute atomic E-state index is 0.250. The molecule has 0 aromatic rings. The van der Waals surface area contributed by atoms with Crippen LogP contribution in [-0.4, -0.2) is 88.3 Å². The van der Waals surface area contributed by atoms with Crippen molar-refractivity contribution in [3.63, 3.8) is 0 Å². The van der Waals surface area contributed by atoms with Gasteiger partial charge in [0.2, 0.25) is 17.7 Å². The molecule has 0 spiro atoms. The van der Waals surface area contributed by atoms with Crippen LogP contribution in [0.1, 0.15) is 51.9 Å². The summed E-state index contributed by atoms with van der Waals surface area (Å²) in [4.78, 5) is 60.3. The van der Waals surface area contributed by atoms with E-state index in [2.05, 4.69) is 21.3 Å². The summed E-state index contributed by atoms with van der Waals surface area (Å²) in [5, 5.41) is 38.0. The molecule has 0 aromatic carbocycles. The molecule has 1 aliphatic rings. The molecule has 188 valence electrons. The zero-order chi connectivity index (χ0) is 25.0. The average Bonchev–Trinajstić information content (AvgIpc) is 3.28. The second-order valence-corrected chi connectivity index (χ2v) is 8.05. The lowest BCUT2D eigenvalue weighted by Crippen LogP contribution is -2.58. The number of hydrogen-bond donors (Lipinski definition) is 8. The van der Waals surface area contributed by atoms with E-state index >= 15 is 0 Å². The van der Waals surface area contributed by atoms with Crippen LogP contribution in [0.3, 0.4) is 0 Å². The summed E-state index contributed by atoms with van der Waals surface area (Å²) in [7, 11) is 0. The molecule has 13 nitrogen and oxygen atoms in total. The van der Waals surface area contributed by atoms with E-state index in [0.29, 0.717) is 32.4 Å². The normalized spacial score (nSPS) is 19.1. The van der Waals surface area contributed by atoms with Crippen LogP contribution >= 0.6 is 0 Å². The maximum Gasteiger partial charge on any atom is 0.328 e. The highest BCUT2D eigenvalue weighted by molar-refractivity contribution is 5.94. The Morgan fingerprint density at radius 1 is 1.00 bits per heavy atom. The predicted octanol–water partition coefficient (Wildman–Crippen LogP) is -2.35. The van der Waals surface area contributed by atoms with Gasteiger partial charge in [-0.15, -0.1) is 0 Å². The van der Waals surface area contributed by atoms with Crippen molar-refractivity contribution >= 4 is 29.7 Å². The Morgan fingerprint density at radius 2 is 1.64 bits per heavy atom. The topological polar surface area (TPSA) is 220 Å². The van der Waals surface area contributed by atoms with Crippen molar-refractivity contribution in [1.29, 1.82) is 0 Å². The summed E-state index contributed by atoms with van der Waals surface area (Å²) in [5.41, 5.74) is 5.50. The first kappa shape index (κ1) is 28.3. The highest BCUT2D eigenvalue weighted by Crippen LogP contribution is 2.09. The quantitative estimate of drug-likeness (QED) is 0.118. The van der Waals surface area contributed by atoms with E-state index in [1.165, 1.54) is 6.92 Å². The van der Waals surface area contributed by atoms with E-state index in [-0.39, 0.29) is 18.7 Å². The van der Waals surface area contributed by atoms with E-state index < -0.39 is 60.4 Å². The molecule has 9 N–H and O–H groups in total. The van der Waals surface area contributed by atoms with Crippen LogP contribution in [0.4, 0.5) is 0 Å². The summed E-state index contributed by atoms with van der Waals surface area (Å²) in [6.07, 6.45) is 0.634. The van der Waals surface area contributed by atoms with Gasteiger partial charge in [-0.3, -0.25) is 19.2 Å². The number of carbonyl (C=O) groups is 5. The molecule has 0 radical (unpaired) electrons. The lowest BCUT2D eigenvalue weighted by atomic mass is 10.0. The molecule has 0 saturated carbocycles. The van der Waals surface area contributed by atoms with E-state index in [4.69, 9.17) is 15.9 Å². The summed E-state index contributed by atoms with van der Waals surface area (Å²) >= 11 is 0. The molecule has 0 aromatic heterocycles. The lowest BCUT2D eigenvalue weighted by molar-refractivity contribution is -0.145. The maximum atomic E-state index is 12.9. The van der Waals surface area contributed by atoms with Crippen LogP contribution in [0, 0.1) is 0 Å². The van der Waals surface area contributed by atoms with Gasteiger partial charge in [-0.1, -0.05) is 0 Å². The molecule has 1 rings (SSSR count). The molecular formula is C20H35N5O8.